The summed E-state index contributed by atoms with van der Waals surface area (Å²) in [5, 5.41) is 6.41. The zero-order chi connectivity index (χ0) is 21.3. The standard InChI is InChI=1S/C20H32F3N5O/c1-4-27-9-11-28(12-10-27)8-7-25-19(24-3)26-14-17-6-5-16(2)13-18(17)29-15-20(21,22)23/h5-6,13H,4,7-12,14-15H2,1-3H3,(H2,24,25,26). The minimum atomic E-state index is -4.37. The molecule has 2 rings (SSSR count). The smallest absolute Gasteiger partial charge is 0.422 e. The summed E-state index contributed by atoms with van der Waals surface area (Å²) in [5.41, 5.74) is 1.50. The molecule has 164 valence electrons. The molecule has 0 saturated carbocycles. The molecule has 6 nitrogen and oxygen atoms in total. The maximum absolute atomic E-state index is 12.5. The van der Waals surface area contributed by atoms with Crippen molar-refractivity contribution < 1.29 is 17.9 Å². The van der Waals surface area contributed by atoms with Gasteiger partial charge in [0.25, 0.3) is 0 Å². The number of aliphatic imine (C=N–C) groups is 1. The topological polar surface area (TPSA) is 52.1 Å². The normalized spacial score (nSPS) is 16.7. The number of halogens is 3. The van der Waals surface area contributed by atoms with Gasteiger partial charge in [-0.1, -0.05) is 19.1 Å². The molecule has 1 aliphatic rings. The highest BCUT2D eigenvalue weighted by atomic mass is 19.4. The Morgan fingerprint density at radius 1 is 1.14 bits per heavy atom. The zero-order valence-corrected chi connectivity index (χ0v) is 17.5. The van der Waals surface area contributed by atoms with Crippen molar-refractivity contribution in [3.05, 3.63) is 29.3 Å². The predicted molar refractivity (Wildman–Crippen MR) is 109 cm³/mol. The molecule has 1 saturated heterocycles. The van der Waals surface area contributed by atoms with E-state index in [4.69, 9.17) is 4.74 Å². The van der Waals surface area contributed by atoms with Crippen molar-refractivity contribution in [1.82, 2.24) is 20.4 Å². The average Bonchev–Trinajstić information content (AvgIpc) is 2.69. The summed E-state index contributed by atoms with van der Waals surface area (Å²) in [6, 6.07) is 5.24. The van der Waals surface area contributed by atoms with E-state index in [1.807, 2.05) is 13.0 Å². The fourth-order valence-corrected chi connectivity index (χ4v) is 3.16. The molecule has 0 atom stereocenters. The Bertz CT molecular complexity index is 658. The van der Waals surface area contributed by atoms with Gasteiger partial charge in [0.05, 0.1) is 0 Å². The maximum atomic E-state index is 12.5. The van der Waals surface area contributed by atoms with Crippen molar-refractivity contribution in [2.45, 2.75) is 26.6 Å². The molecule has 29 heavy (non-hydrogen) atoms. The quantitative estimate of drug-likeness (QED) is 0.504. The Morgan fingerprint density at radius 2 is 1.83 bits per heavy atom. The minimum absolute atomic E-state index is 0.235. The number of aryl methyl sites for hydroxylation is 1. The molecule has 1 aliphatic heterocycles. The second-order valence-corrected chi connectivity index (χ2v) is 7.14. The van der Waals surface area contributed by atoms with Crippen LogP contribution in [0.3, 0.4) is 0 Å². The molecule has 0 amide bonds. The number of benzene rings is 1. The van der Waals surface area contributed by atoms with Gasteiger partial charge in [0.15, 0.2) is 12.6 Å². The van der Waals surface area contributed by atoms with E-state index >= 15 is 0 Å². The average molecular weight is 416 g/mol. The van der Waals surface area contributed by atoms with E-state index in [1.165, 1.54) is 0 Å². The summed E-state index contributed by atoms with van der Waals surface area (Å²) in [5.74, 6) is 0.846. The highest BCUT2D eigenvalue weighted by molar-refractivity contribution is 5.79. The molecule has 0 aliphatic carbocycles. The van der Waals surface area contributed by atoms with Crippen LogP contribution in [0, 0.1) is 6.92 Å². The number of alkyl halides is 3. The first-order valence-corrected chi connectivity index (χ1v) is 9.99. The molecule has 2 N–H and O–H groups in total. The predicted octanol–water partition coefficient (Wildman–Crippen LogP) is 2.24. The van der Waals surface area contributed by atoms with Crippen LogP contribution in [-0.2, 0) is 6.54 Å². The summed E-state index contributed by atoms with van der Waals surface area (Å²) < 4.78 is 42.5. The maximum Gasteiger partial charge on any atom is 0.422 e. The van der Waals surface area contributed by atoms with E-state index in [0.717, 1.165) is 51.4 Å². The van der Waals surface area contributed by atoms with Crippen LogP contribution in [0.15, 0.2) is 23.2 Å². The molecular formula is C20H32F3N5O. The number of rotatable bonds is 8. The second kappa shape index (κ2) is 11.3. The first-order valence-electron chi connectivity index (χ1n) is 9.99. The Balaban J connectivity index is 1.80. The van der Waals surface area contributed by atoms with Gasteiger partial charge in [-0.2, -0.15) is 13.2 Å². The number of nitrogens with one attached hydrogen (secondary N) is 2. The van der Waals surface area contributed by atoms with Crippen molar-refractivity contribution in [1.29, 1.82) is 0 Å². The number of hydrogen-bond donors (Lipinski definition) is 2. The van der Waals surface area contributed by atoms with Gasteiger partial charge in [0.2, 0.25) is 0 Å². The Kier molecular flexibility index (Phi) is 9.03. The number of hydrogen-bond acceptors (Lipinski definition) is 4. The van der Waals surface area contributed by atoms with Gasteiger partial charge in [0.1, 0.15) is 5.75 Å². The summed E-state index contributed by atoms with van der Waals surface area (Å²) in [7, 11) is 1.67. The van der Waals surface area contributed by atoms with Crippen LogP contribution in [0.1, 0.15) is 18.1 Å². The number of guanidine groups is 1. The van der Waals surface area contributed by atoms with Crippen LogP contribution in [-0.4, -0.2) is 81.4 Å². The van der Waals surface area contributed by atoms with E-state index in [1.54, 1.807) is 19.2 Å². The van der Waals surface area contributed by atoms with E-state index in [0.29, 0.717) is 18.1 Å². The third-order valence-electron chi connectivity index (χ3n) is 4.92. The lowest BCUT2D eigenvalue weighted by Gasteiger charge is -2.34. The highest BCUT2D eigenvalue weighted by Gasteiger charge is 2.28. The monoisotopic (exact) mass is 415 g/mol. The Morgan fingerprint density at radius 3 is 2.45 bits per heavy atom. The first-order chi connectivity index (χ1) is 13.8. The molecule has 1 heterocycles. The van der Waals surface area contributed by atoms with Gasteiger partial charge >= 0.3 is 6.18 Å². The van der Waals surface area contributed by atoms with E-state index in [2.05, 4.69) is 32.3 Å². The van der Waals surface area contributed by atoms with Gasteiger partial charge in [-0.25, -0.2) is 0 Å². The molecule has 0 bridgehead atoms. The number of likely N-dealkylation sites (N-methyl/N-ethyl adjacent to an activating group) is 1. The lowest BCUT2D eigenvalue weighted by atomic mass is 10.1. The summed E-state index contributed by atoms with van der Waals surface area (Å²) in [6.07, 6.45) is -4.37. The summed E-state index contributed by atoms with van der Waals surface area (Å²) in [4.78, 5) is 9.04. The highest BCUT2D eigenvalue weighted by Crippen LogP contribution is 2.23. The molecule has 0 radical (unpaired) electrons. The largest absolute Gasteiger partial charge is 0.484 e. The van der Waals surface area contributed by atoms with Gasteiger partial charge in [-0.15, -0.1) is 0 Å². The first kappa shape index (κ1) is 23.3. The van der Waals surface area contributed by atoms with Crippen LogP contribution >= 0.6 is 0 Å². The zero-order valence-electron chi connectivity index (χ0n) is 17.5. The van der Waals surface area contributed by atoms with Crippen LogP contribution in [0.25, 0.3) is 0 Å². The number of piperazine rings is 1. The van der Waals surface area contributed by atoms with E-state index in [-0.39, 0.29) is 5.75 Å². The van der Waals surface area contributed by atoms with Crippen LogP contribution < -0.4 is 15.4 Å². The van der Waals surface area contributed by atoms with Crippen LogP contribution in [0.2, 0.25) is 0 Å². The third-order valence-corrected chi connectivity index (χ3v) is 4.92. The third kappa shape index (κ3) is 8.49. The van der Waals surface area contributed by atoms with Crippen molar-refractivity contribution in [2.24, 2.45) is 4.99 Å². The molecule has 0 aromatic heterocycles. The van der Waals surface area contributed by atoms with E-state index < -0.39 is 12.8 Å². The lowest BCUT2D eigenvalue weighted by Crippen LogP contribution is -2.49. The van der Waals surface area contributed by atoms with Crippen molar-refractivity contribution in [2.75, 3.05) is 59.5 Å². The van der Waals surface area contributed by atoms with Gasteiger partial charge in [-0.05, 0) is 25.1 Å². The number of nitrogens with zero attached hydrogens (tertiary/aromatic N) is 3. The summed E-state index contributed by atoms with van der Waals surface area (Å²) >= 11 is 0. The summed E-state index contributed by atoms with van der Waals surface area (Å²) in [6.45, 7) is 10.1. The molecular weight excluding hydrogens is 383 g/mol. The fourth-order valence-electron chi connectivity index (χ4n) is 3.16. The molecule has 1 aromatic carbocycles. The Hall–Kier alpha value is -2.00. The van der Waals surface area contributed by atoms with Crippen molar-refractivity contribution in [3.63, 3.8) is 0 Å². The van der Waals surface area contributed by atoms with Gasteiger partial charge in [0, 0.05) is 58.4 Å². The van der Waals surface area contributed by atoms with Gasteiger partial charge < -0.3 is 20.3 Å². The molecule has 0 unspecified atom stereocenters. The molecule has 1 fully saturated rings. The van der Waals surface area contributed by atoms with Gasteiger partial charge in [-0.3, -0.25) is 9.89 Å². The SMILES string of the molecule is CCN1CCN(CCNC(=NC)NCc2ccc(C)cc2OCC(F)(F)F)CC1. The number of ether oxygens (including phenoxy) is 1. The van der Waals surface area contributed by atoms with Crippen molar-refractivity contribution in [3.8, 4) is 5.75 Å². The van der Waals surface area contributed by atoms with Crippen LogP contribution in [0.5, 0.6) is 5.75 Å². The molecule has 1 aromatic rings. The van der Waals surface area contributed by atoms with Crippen molar-refractivity contribution >= 4 is 5.96 Å². The minimum Gasteiger partial charge on any atom is -0.484 e. The fraction of sp³-hybridized carbons (Fsp3) is 0.650. The van der Waals surface area contributed by atoms with Crippen LogP contribution in [0.4, 0.5) is 13.2 Å². The van der Waals surface area contributed by atoms with E-state index in [9.17, 15) is 13.2 Å². The lowest BCUT2D eigenvalue weighted by molar-refractivity contribution is -0.153. The second-order valence-electron chi connectivity index (χ2n) is 7.14. The Labute approximate surface area is 171 Å². The molecule has 9 heteroatoms. The molecule has 0 spiro atoms.